The normalized spacial score (nSPS) is 18.8. The molecule has 0 saturated carbocycles. The Morgan fingerprint density at radius 1 is 1.44 bits per heavy atom. The summed E-state index contributed by atoms with van der Waals surface area (Å²) >= 11 is 1.51. The van der Waals surface area contributed by atoms with Crippen molar-refractivity contribution in [3.05, 3.63) is 0 Å². The molecule has 0 aromatic carbocycles. The van der Waals surface area contributed by atoms with Gasteiger partial charge in [0.2, 0.25) is 11.8 Å². The molecule has 1 fully saturated rings. The first-order chi connectivity index (χ1) is 8.47. The van der Waals surface area contributed by atoms with Crippen LogP contribution >= 0.6 is 11.8 Å². The first-order valence-electron chi connectivity index (χ1n) is 5.83. The maximum absolute atomic E-state index is 12.2. The minimum absolute atomic E-state index is 0.148. The summed E-state index contributed by atoms with van der Waals surface area (Å²) in [6, 6.07) is -0.515. The number of amides is 2. The highest BCUT2D eigenvalue weighted by Crippen LogP contribution is 2.22. The van der Waals surface area contributed by atoms with Gasteiger partial charge in [-0.3, -0.25) is 14.4 Å². The Balaban J connectivity index is 2.75. The highest BCUT2D eigenvalue weighted by atomic mass is 32.2. The van der Waals surface area contributed by atoms with Gasteiger partial charge in [-0.15, -0.1) is 11.8 Å². The molecule has 18 heavy (non-hydrogen) atoms. The minimum Gasteiger partial charge on any atom is -0.480 e. The zero-order valence-electron chi connectivity index (χ0n) is 10.6. The van der Waals surface area contributed by atoms with E-state index in [1.165, 1.54) is 28.5 Å². The van der Waals surface area contributed by atoms with E-state index >= 15 is 0 Å². The summed E-state index contributed by atoms with van der Waals surface area (Å²) in [6.45, 7) is 3.40. The second-order valence-corrected chi connectivity index (χ2v) is 5.16. The largest absolute Gasteiger partial charge is 0.480 e. The zero-order chi connectivity index (χ0) is 13.7. The quantitative estimate of drug-likeness (QED) is 0.776. The van der Waals surface area contributed by atoms with Crippen LogP contribution in [0.15, 0.2) is 0 Å². The van der Waals surface area contributed by atoms with Gasteiger partial charge < -0.3 is 14.9 Å². The average molecular weight is 274 g/mol. The molecule has 7 heteroatoms. The Bertz CT molecular complexity index is 348. The van der Waals surface area contributed by atoms with Gasteiger partial charge in [0.15, 0.2) is 0 Å². The SMILES string of the molecule is CCCN(CC(=O)O)C(=O)[C@@H]1CSCN1C(C)=O. The summed E-state index contributed by atoms with van der Waals surface area (Å²) < 4.78 is 0. The second kappa shape index (κ2) is 6.63. The molecule has 2 amide bonds. The van der Waals surface area contributed by atoms with Crippen LogP contribution in [0.3, 0.4) is 0 Å². The number of carboxylic acid groups (broad SMARTS) is 1. The number of thioether (sulfide) groups is 1. The van der Waals surface area contributed by atoms with Crippen molar-refractivity contribution in [1.82, 2.24) is 9.80 Å². The molecule has 0 aromatic heterocycles. The third kappa shape index (κ3) is 3.63. The molecule has 1 N–H and O–H groups in total. The lowest BCUT2D eigenvalue weighted by molar-refractivity contribution is -0.148. The van der Waals surface area contributed by atoms with Gasteiger partial charge in [-0.1, -0.05) is 6.92 Å². The lowest BCUT2D eigenvalue weighted by Crippen LogP contribution is -2.50. The number of carbonyl (C=O) groups excluding carboxylic acids is 2. The van der Waals surface area contributed by atoms with Crippen LogP contribution in [0.4, 0.5) is 0 Å². The van der Waals surface area contributed by atoms with E-state index in [4.69, 9.17) is 5.11 Å². The number of carbonyl (C=O) groups is 3. The van der Waals surface area contributed by atoms with Crippen LogP contribution in [-0.2, 0) is 14.4 Å². The Morgan fingerprint density at radius 2 is 2.11 bits per heavy atom. The van der Waals surface area contributed by atoms with E-state index in [-0.39, 0.29) is 18.4 Å². The molecule has 0 radical (unpaired) electrons. The molecule has 0 unspecified atom stereocenters. The van der Waals surface area contributed by atoms with E-state index in [0.29, 0.717) is 24.6 Å². The first-order valence-corrected chi connectivity index (χ1v) is 6.98. The molecular formula is C11H18N2O4S. The van der Waals surface area contributed by atoms with Crippen LogP contribution in [0.25, 0.3) is 0 Å². The van der Waals surface area contributed by atoms with Gasteiger partial charge in [0.1, 0.15) is 12.6 Å². The number of hydrogen-bond acceptors (Lipinski definition) is 4. The molecule has 0 aliphatic carbocycles. The molecule has 102 valence electrons. The van der Waals surface area contributed by atoms with Crippen molar-refractivity contribution in [3.8, 4) is 0 Å². The summed E-state index contributed by atoms with van der Waals surface area (Å²) in [5.74, 6) is -0.404. The number of rotatable bonds is 5. The standard InChI is InChI=1S/C11H18N2O4S/c1-3-4-12(5-10(15)16)11(17)9-6-18-7-13(9)8(2)14/h9H,3-7H2,1-2H3,(H,15,16)/t9-/m0/s1. The van der Waals surface area contributed by atoms with Crippen LogP contribution in [0.2, 0.25) is 0 Å². The van der Waals surface area contributed by atoms with Gasteiger partial charge in [-0.2, -0.15) is 0 Å². The van der Waals surface area contributed by atoms with Gasteiger partial charge in [0.25, 0.3) is 0 Å². The Hall–Kier alpha value is -1.24. The van der Waals surface area contributed by atoms with E-state index in [1.807, 2.05) is 6.92 Å². The smallest absolute Gasteiger partial charge is 0.323 e. The second-order valence-electron chi connectivity index (χ2n) is 4.16. The zero-order valence-corrected chi connectivity index (χ0v) is 11.4. The molecular weight excluding hydrogens is 256 g/mol. The van der Waals surface area contributed by atoms with Crippen LogP contribution in [0, 0.1) is 0 Å². The topological polar surface area (TPSA) is 77.9 Å². The Kier molecular flexibility index (Phi) is 5.46. The van der Waals surface area contributed by atoms with Gasteiger partial charge in [-0.25, -0.2) is 0 Å². The number of hydrogen-bond donors (Lipinski definition) is 1. The monoisotopic (exact) mass is 274 g/mol. The van der Waals surface area contributed by atoms with E-state index in [0.717, 1.165) is 0 Å². The predicted molar refractivity (Wildman–Crippen MR) is 68.1 cm³/mol. The maximum Gasteiger partial charge on any atom is 0.323 e. The molecule has 0 bridgehead atoms. The van der Waals surface area contributed by atoms with E-state index in [2.05, 4.69) is 0 Å². The molecule has 1 atom stereocenters. The van der Waals surface area contributed by atoms with E-state index in [9.17, 15) is 14.4 Å². The molecule has 1 rings (SSSR count). The fraction of sp³-hybridized carbons (Fsp3) is 0.727. The average Bonchev–Trinajstić information content (AvgIpc) is 2.75. The predicted octanol–water partition coefficient (Wildman–Crippen LogP) is 0.231. The minimum atomic E-state index is -1.03. The summed E-state index contributed by atoms with van der Waals surface area (Å²) in [5, 5.41) is 8.80. The lowest BCUT2D eigenvalue weighted by atomic mass is 10.2. The molecule has 1 heterocycles. The Labute approximate surface area is 110 Å². The van der Waals surface area contributed by atoms with Gasteiger partial charge >= 0.3 is 5.97 Å². The van der Waals surface area contributed by atoms with Gasteiger partial charge in [0, 0.05) is 19.2 Å². The van der Waals surface area contributed by atoms with Crippen LogP contribution in [0.5, 0.6) is 0 Å². The van der Waals surface area contributed by atoms with Crippen molar-refractivity contribution in [3.63, 3.8) is 0 Å². The Morgan fingerprint density at radius 3 is 2.61 bits per heavy atom. The van der Waals surface area contributed by atoms with Crippen molar-refractivity contribution in [1.29, 1.82) is 0 Å². The third-order valence-corrected chi connectivity index (χ3v) is 3.72. The summed E-state index contributed by atoms with van der Waals surface area (Å²) in [4.78, 5) is 37.2. The summed E-state index contributed by atoms with van der Waals surface area (Å²) in [5.41, 5.74) is 0. The number of carboxylic acids is 1. The molecule has 0 spiro atoms. The number of aliphatic carboxylic acids is 1. The summed E-state index contributed by atoms with van der Waals surface area (Å²) in [7, 11) is 0. The molecule has 1 aliphatic rings. The van der Waals surface area contributed by atoms with Crippen LogP contribution in [-0.4, -0.2) is 63.5 Å². The number of nitrogens with zero attached hydrogens (tertiary/aromatic N) is 2. The van der Waals surface area contributed by atoms with E-state index in [1.54, 1.807) is 0 Å². The molecule has 6 nitrogen and oxygen atoms in total. The van der Waals surface area contributed by atoms with Crippen molar-refractivity contribution >= 4 is 29.5 Å². The molecule has 0 aromatic rings. The van der Waals surface area contributed by atoms with Crippen molar-refractivity contribution < 1.29 is 19.5 Å². The van der Waals surface area contributed by atoms with Gasteiger partial charge in [0.05, 0.1) is 5.88 Å². The van der Waals surface area contributed by atoms with E-state index < -0.39 is 12.0 Å². The fourth-order valence-corrected chi connectivity index (χ4v) is 3.08. The fourth-order valence-electron chi connectivity index (χ4n) is 1.87. The summed E-state index contributed by atoms with van der Waals surface area (Å²) in [6.07, 6.45) is 0.693. The van der Waals surface area contributed by atoms with Crippen LogP contribution in [0.1, 0.15) is 20.3 Å². The molecule has 1 saturated heterocycles. The highest BCUT2D eigenvalue weighted by Gasteiger charge is 2.35. The first kappa shape index (κ1) is 14.8. The lowest BCUT2D eigenvalue weighted by Gasteiger charge is -2.28. The van der Waals surface area contributed by atoms with Crippen LogP contribution < -0.4 is 0 Å². The van der Waals surface area contributed by atoms with Crippen molar-refractivity contribution in [2.24, 2.45) is 0 Å². The maximum atomic E-state index is 12.2. The van der Waals surface area contributed by atoms with Gasteiger partial charge in [-0.05, 0) is 6.42 Å². The van der Waals surface area contributed by atoms with Crippen molar-refractivity contribution in [2.45, 2.75) is 26.3 Å². The van der Waals surface area contributed by atoms with Crippen molar-refractivity contribution in [2.75, 3.05) is 24.7 Å². The molecule has 1 aliphatic heterocycles. The highest BCUT2D eigenvalue weighted by molar-refractivity contribution is 7.99. The third-order valence-electron chi connectivity index (χ3n) is 2.70.